The first-order valence-electron chi connectivity index (χ1n) is 6.47. The van der Waals surface area contributed by atoms with Crippen molar-refractivity contribution in [3.63, 3.8) is 0 Å². The summed E-state index contributed by atoms with van der Waals surface area (Å²) in [6.45, 7) is 2.50. The van der Waals surface area contributed by atoms with Gasteiger partial charge in [0.1, 0.15) is 0 Å². The molecule has 1 heterocycles. The van der Waals surface area contributed by atoms with Gasteiger partial charge in [0.25, 0.3) is 0 Å². The third-order valence-corrected chi connectivity index (χ3v) is 3.69. The molecule has 0 saturated carbocycles. The van der Waals surface area contributed by atoms with Crippen LogP contribution in [-0.2, 0) is 11.3 Å². The van der Waals surface area contributed by atoms with E-state index in [4.69, 9.17) is 14.2 Å². The molecule has 0 amide bonds. The smallest absolute Gasteiger partial charge is 0.165 e. The second-order valence-electron chi connectivity index (χ2n) is 4.57. The Bertz CT molecular complexity index is 419. The number of nitrogens with one attached hydrogen (secondary N) is 1. The second-order valence-corrected chi connectivity index (χ2v) is 5.48. The number of ether oxygens (including phenoxy) is 3. The van der Waals surface area contributed by atoms with Gasteiger partial charge in [-0.25, -0.2) is 0 Å². The van der Waals surface area contributed by atoms with Crippen molar-refractivity contribution in [2.24, 2.45) is 0 Å². The van der Waals surface area contributed by atoms with Gasteiger partial charge in [0.15, 0.2) is 11.5 Å². The Hall–Kier alpha value is -0.780. The minimum absolute atomic E-state index is 0.347. The van der Waals surface area contributed by atoms with E-state index in [-0.39, 0.29) is 0 Å². The van der Waals surface area contributed by atoms with Gasteiger partial charge in [-0.1, -0.05) is 15.9 Å². The van der Waals surface area contributed by atoms with Crippen molar-refractivity contribution in [1.29, 1.82) is 0 Å². The Morgan fingerprint density at radius 1 is 1.37 bits per heavy atom. The third kappa shape index (κ3) is 3.84. The lowest BCUT2D eigenvalue weighted by Gasteiger charge is -2.15. The van der Waals surface area contributed by atoms with E-state index in [1.165, 1.54) is 6.42 Å². The zero-order chi connectivity index (χ0) is 13.7. The fraction of sp³-hybridized carbons (Fsp3) is 0.571. The number of hydrogen-bond donors (Lipinski definition) is 1. The maximum Gasteiger partial charge on any atom is 0.165 e. The van der Waals surface area contributed by atoms with Crippen molar-refractivity contribution in [3.05, 3.63) is 22.2 Å². The summed E-state index contributed by atoms with van der Waals surface area (Å²) in [5, 5.41) is 3.42. The molecular weight excluding hydrogens is 310 g/mol. The molecule has 1 aliphatic heterocycles. The molecule has 1 unspecified atom stereocenters. The highest BCUT2D eigenvalue weighted by Crippen LogP contribution is 2.34. The summed E-state index contributed by atoms with van der Waals surface area (Å²) >= 11 is 3.49. The molecule has 1 aliphatic rings. The van der Waals surface area contributed by atoms with Crippen LogP contribution in [-0.4, -0.2) is 33.5 Å². The minimum atomic E-state index is 0.347. The Kier molecular flexibility index (Phi) is 5.48. The molecule has 0 spiro atoms. The molecule has 1 N–H and O–H groups in total. The summed E-state index contributed by atoms with van der Waals surface area (Å²) in [4.78, 5) is 0. The van der Waals surface area contributed by atoms with Crippen molar-refractivity contribution in [2.45, 2.75) is 25.5 Å². The lowest BCUT2D eigenvalue weighted by molar-refractivity contribution is 0.110. The zero-order valence-corrected chi connectivity index (χ0v) is 13.0. The molecule has 106 valence electrons. The summed E-state index contributed by atoms with van der Waals surface area (Å²) in [5.74, 6) is 1.52. The van der Waals surface area contributed by atoms with E-state index in [0.717, 1.165) is 47.7 Å². The third-order valence-electron chi connectivity index (χ3n) is 3.23. The van der Waals surface area contributed by atoms with E-state index in [1.54, 1.807) is 14.2 Å². The monoisotopic (exact) mass is 329 g/mol. The maximum atomic E-state index is 5.59. The predicted molar refractivity (Wildman–Crippen MR) is 77.9 cm³/mol. The van der Waals surface area contributed by atoms with Gasteiger partial charge in [-0.3, -0.25) is 0 Å². The first-order chi connectivity index (χ1) is 9.24. The van der Waals surface area contributed by atoms with Crippen LogP contribution in [0.5, 0.6) is 11.5 Å². The van der Waals surface area contributed by atoms with E-state index in [0.29, 0.717) is 6.10 Å². The van der Waals surface area contributed by atoms with Crippen LogP contribution < -0.4 is 14.8 Å². The average Bonchev–Trinajstić information content (AvgIpc) is 2.91. The van der Waals surface area contributed by atoms with Gasteiger partial charge < -0.3 is 19.5 Å². The molecule has 1 aromatic carbocycles. The fourth-order valence-corrected chi connectivity index (χ4v) is 2.79. The summed E-state index contributed by atoms with van der Waals surface area (Å²) in [6, 6.07) is 3.95. The van der Waals surface area contributed by atoms with Gasteiger partial charge in [0.05, 0.1) is 20.3 Å². The average molecular weight is 330 g/mol. The molecule has 1 fully saturated rings. The van der Waals surface area contributed by atoms with Crippen molar-refractivity contribution in [1.82, 2.24) is 5.32 Å². The van der Waals surface area contributed by atoms with E-state index in [9.17, 15) is 0 Å². The number of hydrogen-bond acceptors (Lipinski definition) is 4. The molecule has 5 heteroatoms. The summed E-state index contributed by atoms with van der Waals surface area (Å²) in [6.07, 6.45) is 2.66. The van der Waals surface area contributed by atoms with E-state index in [1.807, 2.05) is 12.1 Å². The topological polar surface area (TPSA) is 39.7 Å². The van der Waals surface area contributed by atoms with Crippen molar-refractivity contribution in [2.75, 3.05) is 27.4 Å². The highest BCUT2D eigenvalue weighted by molar-refractivity contribution is 9.10. The summed E-state index contributed by atoms with van der Waals surface area (Å²) in [5.41, 5.74) is 1.08. The van der Waals surface area contributed by atoms with Crippen LogP contribution in [0.15, 0.2) is 16.6 Å². The van der Waals surface area contributed by atoms with E-state index < -0.39 is 0 Å². The molecule has 1 saturated heterocycles. The number of halogens is 1. The summed E-state index contributed by atoms with van der Waals surface area (Å²) < 4.78 is 17.3. The Balaban J connectivity index is 1.99. The molecule has 19 heavy (non-hydrogen) atoms. The van der Waals surface area contributed by atoms with Crippen molar-refractivity contribution in [3.8, 4) is 11.5 Å². The molecule has 0 bridgehead atoms. The van der Waals surface area contributed by atoms with Crippen LogP contribution in [0.1, 0.15) is 18.4 Å². The molecule has 1 atom stereocenters. The lowest BCUT2D eigenvalue weighted by atomic mass is 10.1. The Morgan fingerprint density at radius 3 is 2.84 bits per heavy atom. The Labute approximate surface area is 122 Å². The van der Waals surface area contributed by atoms with Crippen LogP contribution in [0.4, 0.5) is 0 Å². The van der Waals surface area contributed by atoms with E-state index >= 15 is 0 Å². The highest BCUT2D eigenvalue weighted by atomic mass is 79.9. The SMILES string of the molecule is COc1cc(Br)cc(CNCC2CCCO2)c1OC. The largest absolute Gasteiger partial charge is 0.493 e. The highest BCUT2D eigenvalue weighted by Gasteiger charge is 2.16. The van der Waals surface area contributed by atoms with Crippen LogP contribution in [0.25, 0.3) is 0 Å². The molecule has 4 nitrogen and oxygen atoms in total. The summed E-state index contributed by atoms with van der Waals surface area (Å²) in [7, 11) is 3.31. The predicted octanol–water partition coefficient (Wildman–Crippen LogP) is 2.73. The standard InChI is InChI=1S/C14H20BrNO3/c1-17-13-7-11(15)6-10(14(13)18-2)8-16-9-12-4-3-5-19-12/h6-7,12,16H,3-5,8-9H2,1-2H3. The second kappa shape index (κ2) is 7.12. The maximum absolute atomic E-state index is 5.59. The Morgan fingerprint density at radius 2 is 2.21 bits per heavy atom. The molecule has 1 aromatic rings. The van der Waals surface area contributed by atoms with Gasteiger partial charge in [-0.2, -0.15) is 0 Å². The number of benzene rings is 1. The van der Waals surface area contributed by atoms with E-state index in [2.05, 4.69) is 21.2 Å². The first-order valence-corrected chi connectivity index (χ1v) is 7.26. The normalized spacial score (nSPS) is 18.6. The van der Waals surface area contributed by atoms with Gasteiger partial charge >= 0.3 is 0 Å². The molecule has 0 aromatic heterocycles. The number of rotatable bonds is 6. The number of methoxy groups -OCH3 is 2. The molecular formula is C14H20BrNO3. The zero-order valence-electron chi connectivity index (χ0n) is 11.4. The van der Waals surface area contributed by atoms with Crippen LogP contribution in [0.2, 0.25) is 0 Å². The van der Waals surface area contributed by atoms with Crippen molar-refractivity contribution < 1.29 is 14.2 Å². The quantitative estimate of drug-likeness (QED) is 0.871. The van der Waals surface area contributed by atoms with Crippen LogP contribution >= 0.6 is 15.9 Å². The van der Waals surface area contributed by atoms with Gasteiger partial charge in [0, 0.05) is 29.7 Å². The molecule has 0 radical (unpaired) electrons. The molecule has 2 rings (SSSR count). The minimum Gasteiger partial charge on any atom is -0.493 e. The van der Waals surface area contributed by atoms with Gasteiger partial charge in [-0.05, 0) is 25.0 Å². The molecule has 0 aliphatic carbocycles. The van der Waals surface area contributed by atoms with Gasteiger partial charge in [0.2, 0.25) is 0 Å². The van der Waals surface area contributed by atoms with Crippen molar-refractivity contribution >= 4 is 15.9 Å². The van der Waals surface area contributed by atoms with Crippen LogP contribution in [0.3, 0.4) is 0 Å². The fourth-order valence-electron chi connectivity index (χ4n) is 2.31. The van der Waals surface area contributed by atoms with Gasteiger partial charge in [-0.15, -0.1) is 0 Å². The van der Waals surface area contributed by atoms with Crippen LogP contribution in [0, 0.1) is 0 Å². The lowest BCUT2D eigenvalue weighted by Crippen LogP contribution is -2.26. The first kappa shape index (κ1) is 14.6.